The molecular formula is C10H15Cl. The van der Waals surface area contributed by atoms with Gasteiger partial charge in [0.05, 0.1) is 0 Å². The summed E-state index contributed by atoms with van der Waals surface area (Å²) in [6.45, 7) is 8.74. The van der Waals surface area contributed by atoms with E-state index in [-0.39, 0.29) is 0 Å². The highest BCUT2D eigenvalue weighted by molar-refractivity contribution is 6.21. The molecule has 0 aromatic rings. The Hall–Kier alpha value is 0.0300. The molecule has 0 saturated heterocycles. The molecule has 2 saturated carbocycles. The Bertz CT molecular complexity index is 205. The third kappa shape index (κ3) is 0.823. The maximum atomic E-state index is 6.22. The molecule has 0 unspecified atom stereocenters. The zero-order chi connectivity index (χ0) is 8.22. The van der Waals surface area contributed by atoms with Crippen molar-refractivity contribution in [2.75, 3.05) is 0 Å². The lowest BCUT2D eigenvalue weighted by atomic mass is 9.73. The molecule has 2 bridgehead atoms. The van der Waals surface area contributed by atoms with Crippen LogP contribution in [-0.4, -0.2) is 5.38 Å². The summed E-state index contributed by atoms with van der Waals surface area (Å²) in [6, 6.07) is 0. The molecule has 0 radical (unpaired) electrons. The highest BCUT2D eigenvalue weighted by atomic mass is 35.5. The fraction of sp³-hybridized carbons (Fsp3) is 0.800. The average Bonchev–Trinajstić information content (AvgIpc) is 2.35. The third-order valence-electron chi connectivity index (χ3n) is 3.73. The van der Waals surface area contributed by atoms with Gasteiger partial charge in [-0.25, -0.2) is 0 Å². The Kier molecular flexibility index (Phi) is 1.42. The summed E-state index contributed by atoms with van der Waals surface area (Å²) < 4.78 is 0. The second-order valence-corrected chi connectivity index (χ2v) is 5.10. The van der Waals surface area contributed by atoms with Crippen LogP contribution in [0.25, 0.3) is 0 Å². The number of allylic oxidation sites excluding steroid dienone is 1. The fourth-order valence-corrected chi connectivity index (χ4v) is 3.41. The number of rotatable bonds is 0. The van der Waals surface area contributed by atoms with E-state index in [1.165, 1.54) is 18.4 Å². The van der Waals surface area contributed by atoms with Gasteiger partial charge < -0.3 is 0 Å². The zero-order valence-corrected chi connectivity index (χ0v) is 7.99. The van der Waals surface area contributed by atoms with Gasteiger partial charge in [-0.2, -0.15) is 0 Å². The van der Waals surface area contributed by atoms with Crippen LogP contribution >= 0.6 is 11.6 Å². The van der Waals surface area contributed by atoms with E-state index in [0.717, 1.165) is 5.92 Å². The van der Waals surface area contributed by atoms with Gasteiger partial charge >= 0.3 is 0 Å². The molecule has 0 N–H and O–H groups in total. The van der Waals surface area contributed by atoms with Crippen LogP contribution in [0.3, 0.4) is 0 Å². The lowest BCUT2D eigenvalue weighted by Crippen LogP contribution is -2.29. The van der Waals surface area contributed by atoms with E-state index >= 15 is 0 Å². The predicted molar refractivity (Wildman–Crippen MR) is 48.8 cm³/mol. The zero-order valence-electron chi connectivity index (χ0n) is 7.23. The molecule has 0 nitrogen and oxygen atoms in total. The molecule has 0 aromatic carbocycles. The van der Waals surface area contributed by atoms with E-state index < -0.39 is 0 Å². The minimum atomic E-state index is 0.315. The van der Waals surface area contributed by atoms with Crippen LogP contribution in [0.15, 0.2) is 12.2 Å². The number of fused-ring (bicyclic) bond motifs is 2. The molecule has 2 aliphatic carbocycles. The number of alkyl halides is 1. The Morgan fingerprint density at radius 2 is 2.09 bits per heavy atom. The van der Waals surface area contributed by atoms with E-state index in [9.17, 15) is 0 Å². The summed E-state index contributed by atoms with van der Waals surface area (Å²) in [4.78, 5) is 0. The molecule has 2 fully saturated rings. The summed E-state index contributed by atoms with van der Waals surface area (Å²) in [5, 5.41) is 0.417. The lowest BCUT2D eigenvalue weighted by molar-refractivity contribution is 0.294. The fourth-order valence-electron chi connectivity index (χ4n) is 2.78. The van der Waals surface area contributed by atoms with Gasteiger partial charge in [-0.3, -0.25) is 0 Å². The highest BCUT2D eigenvalue weighted by Gasteiger charge is 2.52. The largest absolute Gasteiger partial charge is 0.123 e. The Labute approximate surface area is 73.6 Å². The molecule has 2 rings (SSSR count). The average molecular weight is 171 g/mol. The predicted octanol–water partition coefficient (Wildman–Crippen LogP) is 3.22. The first kappa shape index (κ1) is 7.67. The van der Waals surface area contributed by atoms with Crippen molar-refractivity contribution in [1.29, 1.82) is 0 Å². The minimum absolute atomic E-state index is 0.315. The van der Waals surface area contributed by atoms with E-state index in [0.29, 0.717) is 16.7 Å². The van der Waals surface area contributed by atoms with Gasteiger partial charge in [-0.15, -0.1) is 11.6 Å². The summed E-state index contributed by atoms with van der Waals surface area (Å²) in [7, 11) is 0. The first-order valence-electron chi connectivity index (χ1n) is 4.37. The smallest absolute Gasteiger partial charge is 0.0378 e. The summed E-state index contributed by atoms with van der Waals surface area (Å²) in [6.07, 6.45) is 2.47. The van der Waals surface area contributed by atoms with Crippen molar-refractivity contribution in [3.05, 3.63) is 12.2 Å². The van der Waals surface area contributed by atoms with Crippen molar-refractivity contribution >= 4 is 11.6 Å². The Morgan fingerprint density at radius 3 is 2.45 bits per heavy atom. The molecule has 0 aliphatic heterocycles. The molecule has 0 spiro atoms. The van der Waals surface area contributed by atoms with E-state index in [1.807, 2.05) is 0 Å². The molecule has 3 atom stereocenters. The van der Waals surface area contributed by atoms with Crippen molar-refractivity contribution < 1.29 is 0 Å². The normalized spacial score (nSPS) is 46.8. The van der Waals surface area contributed by atoms with Crippen molar-refractivity contribution in [1.82, 2.24) is 0 Å². The lowest BCUT2D eigenvalue weighted by Gasteiger charge is -2.34. The van der Waals surface area contributed by atoms with Gasteiger partial charge in [0.2, 0.25) is 0 Å². The number of hydrogen-bond donors (Lipinski definition) is 0. The second-order valence-electron chi connectivity index (χ2n) is 4.54. The van der Waals surface area contributed by atoms with Gasteiger partial charge in [0.1, 0.15) is 0 Å². The molecule has 2 aliphatic rings. The molecule has 0 amide bonds. The standard InChI is InChI=1S/C10H15Cl/c1-6-7-4-8(9(11)5-7)10(6,2)3/h7-9H,1,4-5H2,2-3H3/t7-,8-,9-/m1/s1. The number of halogens is 1. The van der Waals surface area contributed by atoms with Crippen LogP contribution in [0.2, 0.25) is 0 Å². The first-order valence-corrected chi connectivity index (χ1v) is 4.80. The van der Waals surface area contributed by atoms with Gasteiger partial charge in [0.25, 0.3) is 0 Å². The molecular weight excluding hydrogens is 156 g/mol. The van der Waals surface area contributed by atoms with Gasteiger partial charge in [0, 0.05) is 5.38 Å². The Morgan fingerprint density at radius 1 is 1.45 bits per heavy atom. The highest BCUT2D eigenvalue weighted by Crippen LogP contribution is 2.59. The van der Waals surface area contributed by atoms with Gasteiger partial charge in [0.15, 0.2) is 0 Å². The van der Waals surface area contributed by atoms with Gasteiger partial charge in [-0.1, -0.05) is 26.0 Å². The third-order valence-corrected chi connectivity index (χ3v) is 4.21. The van der Waals surface area contributed by atoms with Crippen LogP contribution in [0.1, 0.15) is 26.7 Å². The van der Waals surface area contributed by atoms with E-state index in [2.05, 4.69) is 20.4 Å². The van der Waals surface area contributed by atoms with Crippen molar-refractivity contribution in [3.8, 4) is 0 Å². The van der Waals surface area contributed by atoms with Crippen molar-refractivity contribution in [2.24, 2.45) is 17.3 Å². The van der Waals surface area contributed by atoms with Crippen LogP contribution in [0.4, 0.5) is 0 Å². The van der Waals surface area contributed by atoms with Crippen LogP contribution in [0, 0.1) is 17.3 Å². The number of hydrogen-bond acceptors (Lipinski definition) is 0. The minimum Gasteiger partial charge on any atom is -0.123 e. The summed E-state index contributed by atoms with van der Waals surface area (Å²) >= 11 is 6.22. The molecule has 1 heteroatoms. The van der Waals surface area contributed by atoms with Crippen molar-refractivity contribution in [3.63, 3.8) is 0 Å². The van der Waals surface area contributed by atoms with Crippen LogP contribution in [-0.2, 0) is 0 Å². The topological polar surface area (TPSA) is 0 Å². The van der Waals surface area contributed by atoms with Crippen LogP contribution in [0.5, 0.6) is 0 Å². The second kappa shape index (κ2) is 2.04. The van der Waals surface area contributed by atoms with Crippen LogP contribution < -0.4 is 0 Å². The maximum Gasteiger partial charge on any atom is 0.0378 e. The van der Waals surface area contributed by atoms with E-state index in [1.54, 1.807) is 0 Å². The summed E-state index contributed by atoms with van der Waals surface area (Å²) in [5.41, 5.74) is 1.76. The monoisotopic (exact) mass is 170 g/mol. The SMILES string of the molecule is C=C1[C@H]2C[C@@H](Cl)[C@@H](C2)C1(C)C. The van der Waals surface area contributed by atoms with Gasteiger partial charge in [-0.05, 0) is 30.1 Å². The quantitative estimate of drug-likeness (QED) is 0.387. The molecule has 0 aromatic heterocycles. The molecule has 62 valence electrons. The Balaban J connectivity index is 2.34. The first-order chi connectivity index (χ1) is 5.03. The van der Waals surface area contributed by atoms with E-state index in [4.69, 9.17) is 11.6 Å². The summed E-state index contributed by atoms with van der Waals surface area (Å²) in [5.74, 6) is 1.43. The van der Waals surface area contributed by atoms with Crippen molar-refractivity contribution in [2.45, 2.75) is 32.1 Å². The molecule has 11 heavy (non-hydrogen) atoms. The molecule has 0 heterocycles. The maximum absolute atomic E-state index is 6.22.